The molecule has 2 rings (SSSR count). The van der Waals surface area contributed by atoms with E-state index < -0.39 is 11.5 Å². The molecule has 0 spiro atoms. The minimum absolute atomic E-state index is 0.0880. The van der Waals surface area contributed by atoms with Crippen LogP contribution in [-0.4, -0.2) is 34.0 Å². The fraction of sp³-hybridized carbons (Fsp3) is 0.250. The van der Waals surface area contributed by atoms with Crippen molar-refractivity contribution in [2.45, 2.75) is 9.94 Å². The number of anilines is 1. The first kappa shape index (κ1) is 14.8. The van der Waals surface area contributed by atoms with Gasteiger partial charge in [-0.2, -0.15) is 0 Å². The smallest absolute Gasteiger partial charge is 0.254 e. The third-order valence-electron chi connectivity index (χ3n) is 2.68. The molecule has 1 atom stereocenters. The van der Waals surface area contributed by atoms with Gasteiger partial charge in [-0.05, 0) is 5.56 Å². The van der Waals surface area contributed by atoms with Crippen LogP contribution in [0.15, 0.2) is 34.7 Å². The lowest BCUT2D eigenvalue weighted by Gasteiger charge is -2.24. The molecule has 106 valence electrons. The van der Waals surface area contributed by atoms with Gasteiger partial charge in [-0.15, -0.1) is 10.2 Å². The maximum atomic E-state index is 11.6. The van der Waals surface area contributed by atoms with E-state index in [1.165, 1.54) is 23.1 Å². The number of hydrogen-bond acceptors (Lipinski definition) is 7. The summed E-state index contributed by atoms with van der Waals surface area (Å²) in [6.45, 7) is 0. The van der Waals surface area contributed by atoms with Crippen molar-refractivity contribution in [1.82, 2.24) is 10.2 Å². The number of amides is 1. The van der Waals surface area contributed by atoms with Gasteiger partial charge in [0.05, 0.1) is 0 Å². The van der Waals surface area contributed by atoms with Crippen LogP contribution in [0, 0.1) is 0 Å². The van der Waals surface area contributed by atoms with Crippen molar-refractivity contribution >= 4 is 34.1 Å². The summed E-state index contributed by atoms with van der Waals surface area (Å²) in [6.07, 6.45) is 0. The molecule has 1 aromatic heterocycles. The zero-order valence-electron chi connectivity index (χ0n) is 10.7. The first-order chi connectivity index (χ1) is 9.56. The number of nitrogens with one attached hydrogen (secondary N) is 1. The van der Waals surface area contributed by atoms with Crippen LogP contribution in [-0.2, 0) is 10.4 Å². The van der Waals surface area contributed by atoms with E-state index in [1.807, 2.05) is 6.07 Å². The number of hydrogen-bond donors (Lipinski definition) is 3. The van der Waals surface area contributed by atoms with Crippen molar-refractivity contribution in [2.75, 3.05) is 18.1 Å². The highest BCUT2D eigenvalue weighted by molar-refractivity contribution is 8.01. The van der Waals surface area contributed by atoms with Crippen LogP contribution >= 0.6 is 23.1 Å². The number of nitrogens with zero attached hydrogens (tertiary/aromatic N) is 2. The molecule has 1 heterocycles. The molecule has 0 saturated carbocycles. The molecule has 1 amide bonds. The van der Waals surface area contributed by atoms with Crippen LogP contribution in [0.3, 0.4) is 0 Å². The fourth-order valence-electron chi connectivity index (χ4n) is 1.55. The molecule has 0 aliphatic heterocycles. The average molecular weight is 310 g/mol. The van der Waals surface area contributed by atoms with Crippen molar-refractivity contribution in [3.63, 3.8) is 0 Å². The standard InChI is InChI=1S/C12H14N4O2S2/c1-14-10-15-16-11(20-10)19-7-12(18,9(13)17)8-5-3-2-4-6-8/h2-6,18H,7H2,1H3,(H2,13,17)(H,14,15)/t12-/m0/s1. The van der Waals surface area contributed by atoms with Crippen LogP contribution in [0.1, 0.15) is 5.56 Å². The zero-order valence-corrected chi connectivity index (χ0v) is 12.4. The van der Waals surface area contributed by atoms with E-state index in [4.69, 9.17) is 5.73 Å². The van der Waals surface area contributed by atoms with Gasteiger partial charge in [0.2, 0.25) is 5.13 Å². The van der Waals surface area contributed by atoms with Crippen LogP contribution < -0.4 is 11.1 Å². The molecular formula is C12H14N4O2S2. The lowest BCUT2D eigenvalue weighted by atomic mass is 9.95. The van der Waals surface area contributed by atoms with Gasteiger partial charge in [-0.3, -0.25) is 4.79 Å². The molecule has 4 N–H and O–H groups in total. The van der Waals surface area contributed by atoms with Crippen LogP contribution in [0.2, 0.25) is 0 Å². The Kier molecular flexibility index (Phi) is 4.58. The molecule has 8 heteroatoms. The Balaban J connectivity index is 2.16. The number of benzene rings is 1. The normalized spacial score (nSPS) is 13.7. The van der Waals surface area contributed by atoms with E-state index >= 15 is 0 Å². The number of primary amides is 1. The van der Waals surface area contributed by atoms with Crippen molar-refractivity contribution in [3.05, 3.63) is 35.9 Å². The van der Waals surface area contributed by atoms with Gasteiger partial charge in [0.25, 0.3) is 5.91 Å². The average Bonchev–Trinajstić information content (AvgIpc) is 2.93. The lowest BCUT2D eigenvalue weighted by Crippen LogP contribution is -2.43. The van der Waals surface area contributed by atoms with Gasteiger partial charge in [-0.1, -0.05) is 53.4 Å². The molecule has 20 heavy (non-hydrogen) atoms. The van der Waals surface area contributed by atoms with Gasteiger partial charge >= 0.3 is 0 Å². The zero-order chi connectivity index (χ0) is 14.6. The fourth-order valence-corrected chi connectivity index (χ4v) is 3.37. The molecule has 0 aliphatic rings. The molecule has 0 unspecified atom stereocenters. The molecule has 0 radical (unpaired) electrons. The van der Waals surface area contributed by atoms with Crippen molar-refractivity contribution in [3.8, 4) is 0 Å². The Morgan fingerprint density at radius 3 is 2.70 bits per heavy atom. The number of nitrogens with two attached hydrogens (primary N) is 1. The number of rotatable bonds is 6. The Hall–Kier alpha value is -1.64. The highest BCUT2D eigenvalue weighted by Gasteiger charge is 2.36. The van der Waals surface area contributed by atoms with E-state index in [0.717, 1.165) is 0 Å². The first-order valence-electron chi connectivity index (χ1n) is 5.78. The Bertz CT molecular complexity index is 590. The van der Waals surface area contributed by atoms with E-state index in [1.54, 1.807) is 31.3 Å². The minimum Gasteiger partial charge on any atom is -0.375 e. The molecule has 0 fully saturated rings. The van der Waals surface area contributed by atoms with Crippen LogP contribution in [0.4, 0.5) is 5.13 Å². The molecule has 6 nitrogen and oxygen atoms in total. The maximum Gasteiger partial charge on any atom is 0.254 e. The Morgan fingerprint density at radius 1 is 1.45 bits per heavy atom. The number of carbonyl (C=O) groups is 1. The predicted octanol–water partition coefficient (Wildman–Crippen LogP) is 1.04. The van der Waals surface area contributed by atoms with Gasteiger partial charge in [0, 0.05) is 12.8 Å². The van der Waals surface area contributed by atoms with E-state index in [9.17, 15) is 9.90 Å². The highest BCUT2D eigenvalue weighted by Crippen LogP contribution is 2.32. The Morgan fingerprint density at radius 2 is 2.15 bits per heavy atom. The van der Waals surface area contributed by atoms with Crippen molar-refractivity contribution in [1.29, 1.82) is 0 Å². The summed E-state index contributed by atoms with van der Waals surface area (Å²) in [5.74, 6) is -0.695. The summed E-state index contributed by atoms with van der Waals surface area (Å²) in [7, 11) is 1.75. The number of thioether (sulfide) groups is 1. The SMILES string of the molecule is CNc1nnc(SC[C@@](O)(C(N)=O)c2ccccc2)s1. The highest BCUT2D eigenvalue weighted by atomic mass is 32.2. The molecule has 0 saturated heterocycles. The van der Waals surface area contributed by atoms with Crippen molar-refractivity contribution < 1.29 is 9.90 Å². The van der Waals surface area contributed by atoms with E-state index in [2.05, 4.69) is 15.5 Å². The molecule has 1 aromatic carbocycles. The van der Waals surface area contributed by atoms with Gasteiger partial charge < -0.3 is 16.2 Å². The summed E-state index contributed by atoms with van der Waals surface area (Å²) in [6, 6.07) is 8.65. The lowest BCUT2D eigenvalue weighted by molar-refractivity contribution is -0.134. The third kappa shape index (κ3) is 3.09. The van der Waals surface area contributed by atoms with Gasteiger partial charge in [0.15, 0.2) is 9.94 Å². The topological polar surface area (TPSA) is 101 Å². The van der Waals surface area contributed by atoms with E-state index in [-0.39, 0.29) is 5.75 Å². The largest absolute Gasteiger partial charge is 0.375 e. The van der Waals surface area contributed by atoms with Crippen molar-refractivity contribution in [2.24, 2.45) is 5.73 Å². The molecule has 0 aliphatic carbocycles. The first-order valence-corrected chi connectivity index (χ1v) is 7.58. The molecular weight excluding hydrogens is 296 g/mol. The second-order valence-corrected chi connectivity index (χ2v) is 6.20. The summed E-state index contributed by atoms with van der Waals surface area (Å²) >= 11 is 2.59. The maximum absolute atomic E-state index is 11.6. The molecule has 2 aromatic rings. The van der Waals surface area contributed by atoms with Crippen LogP contribution in [0.5, 0.6) is 0 Å². The quantitative estimate of drug-likeness (QED) is 0.689. The van der Waals surface area contributed by atoms with Gasteiger partial charge in [-0.25, -0.2) is 0 Å². The summed E-state index contributed by atoms with van der Waals surface area (Å²) in [5, 5.41) is 21.9. The van der Waals surface area contributed by atoms with E-state index in [0.29, 0.717) is 15.0 Å². The summed E-state index contributed by atoms with van der Waals surface area (Å²) < 4.78 is 0.657. The second kappa shape index (κ2) is 6.21. The minimum atomic E-state index is -1.72. The third-order valence-corrected chi connectivity index (χ3v) is 4.91. The number of aromatic nitrogens is 2. The Labute approximate surface area is 124 Å². The predicted molar refractivity (Wildman–Crippen MR) is 79.7 cm³/mol. The van der Waals surface area contributed by atoms with Gasteiger partial charge in [0.1, 0.15) is 0 Å². The number of aliphatic hydroxyl groups is 1. The molecule has 0 bridgehead atoms. The summed E-state index contributed by atoms with van der Waals surface area (Å²) in [5.41, 5.74) is 4.10. The van der Waals surface area contributed by atoms with Crippen LogP contribution in [0.25, 0.3) is 0 Å². The number of carbonyl (C=O) groups excluding carboxylic acids is 1. The second-order valence-electron chi connectivity index (χ2n) is 4.00. The summed E-state index contributed by atoms with van der Waals surface area (Å²) in [4.78, 5) is 11.6. The monoisotopic (exact) mass is 310 g/mol.